The van der Waals surface area contributed by atoms with Crippen molar-refractivity contribution in [2.45, 2.75) is 4.90 Å². The normalized spacial score (nSPS) is 12.1. The fourth-order valence-electron chi connectivity index (χ4n) is 2.77. The van der Waals surface area contributed by atoms with Crippen LogP contribution in [-0.4, -0.2) is 31.7 Å². The molecule has 0 fully saturated rings. The van der Waals surface area contributed by atoms with Gasteiger partial charge >= 0.3 is 0 Å². The molecule has 28 heavy (non-hydrogen) atoms. The van der Waals surface area contributed by atoms with E-state index < -0.39 is 11.2 Å². The zero-order chi connectivity index (χ0) is 19.7. The van der Waals surface area contributed by atoms with E-state index in [9.17, 15) is 9.35 Å². The second kappa shape index (κ2) is 7.63. The number of fused-ring (bicyclic) bond motifs is 1. The zero-order valence-corrected chi connectivity index (χ0v) is 16.3. The highest BCUT2D eigenvalue weighted by molar-refractivity contribution is 7.90. The van der Waals surface area contributed by atoms with Gasteiger partial charge in [0.1, 0.15) is 17.6 Å². The van der Waals surface area contributed by atoms with E-state index in [1.54, 1.807) is 42.8 Å². The van der Waals surface area contributed by atoms with Crippen molar-refractivity contribution in [2.24, 2.45) is 0 Å². The number of carbonyl (C=O) groups excluding carboxylic acids is 1. The van der Waals surface area contributed by atoms with E-state index in [0.29, 0.717) is 33.3 Å². The van der Waals surface area contributed by atoms with Crippen molar-refractivity contribution in [1.29, 1.82) is 0 Å². The smallest absolute Gasteiger partial charge is 0.257 e. The predicted molar refractivity (Wildman–Crippen MR) is 111 cm³/mol. The van der Waals surface area contributed by atoms with Gasteiger partial charge in [-0.3, -0.25) is 4.79 Å². The fraction of sp³-hybridized carbons (Fsp3) is 0.0500. The molecule has 0 aliphatic heterocycles. The number of benzene rings is 2. The van der Waals surface area contributed by atoms with E-state index in [4.69, 9.17) is 11.6 Å². The van der Waals surface area contributed by atoms with Gasteiger partial charge in [0, 0.05) is 11.6 Å². The first kappa shape index (κ1) is 18.5. The van der Waals surface area contributed by atoms with E-state index >= 15 is 0 Å². The lowest BCUT2D eigenvalue weighted by Gasteiger charge is -2.06. The Morgan fingerprint density at radius 3 is 2.79 bits per heavy atom. The van der Waals surface area contributed by atoms with E-state index in [2.05, 4.69) is 20.3 Å². The molecule has 2 aromatic heterocycles. The summed E-state index contributed by atoms with van der Waals surface area (Å²) in [4.78, 5) is 25.2. The number of rotatable bonds is 4. The minimum absolute atomic E-state index is 0.319. The third-order valence-electron chi connectivity index (χ3n) is 4.15. The number of pyridine rings is 1. The Labute approximate surface area is 169 Å². The molecule has 140 valence electrons. The Hall–Kier alpha value is -2.87. The molecular weight excluding hydrogens is 396 g/mol. The van der Waals surface area contributed by atoms with Crippen molar-refractivity contribution in [3.63, 3.8) is 0 Å². The van der Waals surface area contributed by atoms with Gasteiger partial charge in [-0.15, -0.1) is 0 Å². The maximum atomic E-state index is 12.4. The second-order valence-corrected chi connectivity index (χ2v) is 7.88. The number of nitrogens with zero attached hydrogens (tertiary/aromatic N) is 2. The van der Waals surface area contributed by atoms with Crippen LogP contribution in [0.25, 0.3) is 22.6 Å². The molecule has 2 N–H and O–H groups in total. The number of imidazole rings is 1. The topological polar surface area (TPSA) is 93.7 Å². The Morgan fingerprint density at radius 1 is 1.18 bits per heavy atom. The van der Waals surface area contributed by atoms with Crippen LogP contribution >= 0.6 is 11.6 Å². The van der Waals surface area contributed by atoms with Crippen LogP contribution in [-0.2, 0) is 11.2 Å². The highest BCUT2D eigenvalue weighted by Crippen LogP contribution is 2.24. The van der Waals surface area contributed by atoms with E-state index in [1.165, 1.54) is 0 Å². The number of nitrogens with one attached hydrogen (secondary N) is 2. The van der Waals surface area contributed by atoms with E-state index in [1.807, 2.05) is 24.3 Å². The van der Waals surface area contributed by atoms with Crippen LogP contribution in [0, 0.1) is 0 Å². The molecule has 0 saturated heterocycles. The monoisotopic (exact) mass is 410 g/mol. The minimum atomic E-state index is -1.08. The Morgan fingerprint density at radius 2 is 2.00 bits per heavy atom. The summed E-state index contributed by atoms with van der Waals surface area (Å²) < 4.78 is 11.7. The van der Waals surface area contributed by atoms with Crippen LogP contribution < -0.4 is 5.32 Å². The quantitative estimate of drug-likeness (QED) is 0.491. The lowest BCUT2D eigenvalue weighted by Crippen LogP contribution is -2.12. The largest absolute Gasteiger partial charge is 0.612 e. The molecule has 8 heteroatoms. The first-order valence-corrected chi connectivity index (χ1v) is 10.3. The lowest BCUT2D eigenvalue weighted by molar-refractivity contribution is 0.102. The maximum absolute atomic E-state index is 12.4. The van der Waals surface area contributed by atoms with Gasteiger partial charge in [-0.05, 0) is 35.4 Å². The maximum Gasteiger partial charge on any atom is 0.257 e. The zero-order valence-electron chi connectivity index (χ0n) is 14.8. The first-order chi connectivity index (χ1) is 13.5. The number of hydrogen-bond acceptors (Lipinski definition) is 4. The number of halogens is 1. The first-order valence-electron chi connectivity index (χ1n) is 8.37. The van der Waals surface area contributed by atoms with Crippen molar-refractivity contribution in [2.75, 3.05) is 11.6 Å². The molecule has 0 saturated carbocycles. The molecule has 1 amide bonds. The standard InChI is InChI=1S/C20H15ClN4O2S/c1-28(27)14-6-4-5-12(9-14)18-24-17-10-13(11-22-19(17)25-18)23-20(26)15-7-2-3-8-16(15)21/h2-11H,1H3,(H,23,26)(H,22,24,25). The summed E-state index contributed by atoms with van der Waals surface area (Å²) in [6.45, 7) is 0. The van der Waals surface area contributed by atoms with Crippen molar-refractivity contribution >= 4 is 45.5 Å². The van der Waals surface area contributed by atoms with Gasteiger partial charge in [0.15, 0.2) is 10.5 Å². The number of aromatic amines is 1. The summed E-state index contributed by atoms with van der Waals surface area (Å²) in [6, 6.07) is 15.9. The van der Waals surface area contributed by atoms with E-state index in [-0.39, 0.29) is 5.91 Å². The Bertz CT molecular complexity index is 1180. The molecule has 2 aromatic carbocycles. The van der Waals surface area contributed by atoms with Gasteiger partial charge in [-0.25, -0.2) is 9.97 Å². The number of amides is 1. The van der Waals surface area contributed by atoms with Gasteiger partial charge < -0.3 is 14.9 Å². The highest BCUT2D eigenvalue weighted by atomic mass is 35.5. The van der Waals surface area contributed by atoms with Crippen molar-refractivity contribution in [1.82, 2.24) is 15.0 Å². The van der Waals surface area contributed by atoms with Gasteiger partial charge in [0.05, 0.1) is 22.5 Å². The number of aromatic nitrogens is 3. The molecule has 0 aliphatic rings. The van der Waals surface area contributed by atoms with Crippen LogP contribution in [0.5, 0.6) is 0 Å². The van der Waals surface area contributed by atoms with Crippen LogP contribution in [0.4, 0.5) is 5.69 Å². The number of H-pyrrole nitrogens is 1. The van der Waals surface area contributed by atoms with Gasteiger partial charge in [-0.2, -0.15) is 0 Å². The molecule has 1 atom stereocenters. The Kier molecular flexibility index (Phi) is 5.04. The average molecular weight is 411 g/mol. The predicted octanol–water partition coefficient (Wildman–Crippen LogP) is 4.27. The highest BCUT2D eigenvalue weighted by Gasteiger charge is 2.13. The van der Waals surface area contributed by atoms with E-state index in [0.717, 1.165) is 10.5 Å². The number of hydrogen-bond donors (Lipinski definition) is 2. The molecule has 6 nitrogen and oxygen atoms in total. The summed E-state index contributed by atoms with van der Waals surface area (Å²) in [5, 5.41) is 3.16. The van der Waals surface area contributed by atoms with Crippen LogP contribution in [0.3, 0.4) is 0 Å². The summed E-state index contributed by atoms with van der Waals surface area (Å²) in [7, 11) is 0. The minimum Gasteiger partial charge on any atom is -0.612 e. The van der Waals surface area contributed by atoms with Crippen molar-refractivity contribution in [3.8, 4) is 11.4 Å². The molecule has 4 rings (SSSR count). The summed E-state index contributed by atoms with van der Waals surface area (Å²) >= 11 is 4.99. The van der Waals surface area contributed by atoms with Crippen molar-refractivity contribution < 1.29 is 9.35 Å². The second-order valence-electron chi connectivity index (χ2n) is 6.09. The van der Waals surface area contributed by atoms with Crippen molar-refractivity contribution in [3.05, 3.63) is 71.4 Å². The molecule has 4 aromatic rings. The summed E-state index contributed by atoms with van der Waals surface area (Å²) in [6.07, 6.45) is 3.18. The number of anilines is 1. The molecule has 0 bridgehead atoms. The molecule has 0 aliphatic carbocycles. The van der Waals surface area contributed by atoms with Gasteiger partial charge in [-0.1, -0.05) is 35.9 Å². The molecule has 0 spiro atoms. The molecule has 1 unspecified atom stereocenters. The number of carbonyl (C=O) groups is 1. The third kappa shape index (κ3) is 3.73. The summed E-state index contributed by atoms with van der Waals surface area (Å²) in [5.74, 6) is 0.296. The lowest BCUT2D eigenvalue weighted by atomic mass is 10.2. The average Bonchev–Trinajstić information content (AvgIpc) is 3.12. The Balaban J connectivity index is 1.63. The summed E-state index contributed by atoms with van der Waals surface area (Å²) in [5.41, 5.74) is 2.91. The van der Waals surface area contributed by atoms with Gasteiger partial charge in [0.2, 0.25) is 0 Å². The molecular formula is C20H15ClN4O2S. The fourth-order valence-corrected chi connectivity index (χ4v) is 3.55. The molecule has 2 heterocycles. The molecule has 0 radical (unpaired) electrons. The SMILES string of the molecule is C[S+]([O-])c1cccc(-c2nc3cc(NC(=O)c4ccccc4Cl)cnc3[nH]2)c1. The van der Waals surface area contributed by atoms with Crippen LogP contribution in [0.15, 0.2) is 65.7 Å². The van der Waals surface area contributed by atoms with Crippen LogP contribution in [0.2, 0.25) is 5.02 Å². The van der Waals surface area contributed by atoms with Gasteiger partial charge in [0.25, 0.3) is 5.91 Å². The van der Waals surface area contributed by atoms with Crippen LogP contribution in [0.1, 0.15) is 10.4 Å². The third-order valence-corrected chi connectivity index (χ3v) is 5.40.